The van der Waals surface area contributed by atoms with Gasteiger partial charge in [-0.15, -0.1) is 11.3 Å². The first-order valence-electron chi connectivity index (χ1n) is 5.61. The summed E-state index contributed by atoms with van der Waals surface area (Å²) in [7, 11) is 0. The number of nitrogens with zero attached hydrogens (tertiary/aromatic N) is 1. The average molecular weight is 275 g/mol. The molecule has 1 heterocycles. The number of benzene rings is 2. The topological polar surface area (TPSA) is 38.9 Å². The third-order valence-corrected chi connectivity index (χ3v) is 4.28. The number of aromatic nitrogens is 1. The molecule has 1 aromatic heterocycles. The molecule has 0 aliphatic rings. The molecule has 3 aromatic rings. The Balaban J connectivity index is 1.95. The molecule has 0 fully saturated rings. The van der Waals surface area contributed by atoms with Crippen LogP contribution in [-0.2, 0) is 6.42 Å². The first-order valence-corrected chi connectivity index (χ1v) is 6.80. The van der Waals surface area contributed by atoms with Gasteiger partial charge in [0.15, 0.2) is 0 Å². The zero-order valence-corrected chi connectivity index (χ0v) is 11.1. The maximum absolute atomic E-state index is 6.15. The highest BCUT2D eigenvalue weighted by atomic mass is 35.5. The van der Waals surface area contributed by atoms with Crippen molar-refractivity contribution in [3.63, 3.8) is 0 Å². The fourth-order valence-electron chi connectivity index (χ4n) is 1.85. The van der Waals surface area contributed by atoms with E-state index in [4.69, 9.17) is 17.3 Å². The minimum atomic E-state index is 0.772. The van der Waals surface area contributed by atoms with Crippen molar-refractivity contribution in [2.24, 2.45) is 0 Å². The lowest BCUT2D eigenvalue weighted by atomic mass is 10.1. The van der Waals surface area contributed by atoms with Crippen LogP contribution in [0.5, 0.6) is 0 Å². The minimum absolute atomic E-state index is 0.772. The minimum Gasteiger partial charge on any atom is -0.399 e. The number of fused-ring (bicyclic) bond motifs is 1. The summed E-state index contributed by atoms with van der Waals surface area (Å²) < 4.78 is 1.06. The van der Waals surface area contributed by atoms with Gasteiger partial charge in [-0.05, 0) is 29.8 Å². The number of anilines is 1. The van der Waals surface area contributed by atoms with Crippen LogP contribution in [0.4, 0.5) is 5.69 Å². The lowest BCUT2D eigenvalue weighted by molar-refractivity contribution is 1.16. The average Bonchev–Trinajstić information content (AvgIpc) is 2.76. The van der Waals surface area contributed by atoms with Crippen molar-refractivity contribution < 1.29 is 0 Å². The standard InChI is InChI=1S/C14H11ClN2S/c15-11-2-1-3-12-14(11)18-13(17-12)8-9-4-6-10(16)7-5-9/h1-7H,8,16H2. The van der Waals surface area contributed by atoms with E-state index in [-0.39, 0.29) is 0 Å². The Morgan fingerprint density at radius 1 is 1.11 bits per heavy atom. The van der Waals surface area contributed by atoms with Crippen molar-refractivity contribution in [3.05, 3.63) is 58.1 Å². The molecule has 0 amide bonds. The van der Waals surface area contributed by atoms with Gasteiger partial charge in [0, 0.05) is 12.1 Å². The van der Waals surface area contributed by atoms with Gasteiger partial charge in [-0.3, -0.25) is 0 Å². The molecule has 0 atom stereocenters. The van der Waals surface area contributed by atoms with Gasteiger partial charge >= 0.3 is 0 Å². The second kappa shape index (κ2) is 4.59. The molecular formula is C14H11ClN2S. The monoisotopic (exact) mass is 274 g/mol. The van der Waals surface area contributed by atoms with Crippen LogP contribution in [0.15, 0.2) is 42.5 Å². The number of nitrogens with two attached hydrogens (primary N) is 1. The summed E-state index contributed by atoms with van der Waals surface area (Å²) in [6.45, 7) is 0. The van der Waals surface area contributed by atoms with E-state index in [1.165, 1.54) is 5.56 Å². The first-order chi connectivity index (χ1) is 8.72. The van der Waals surface area contributed by atoms with Gasteiger partial charge in [-0.1, -0.05) is 29.8 Å². The summed E-state index contributed by atoms with van der Waals surface area (Å²) in [6, 6.07) is 13.7. The maximum Gasteiger partial charge on any atom is 0.0982 e. The normalized spacial score (nSPS) is 10.9. The highest BCUT2D eigenvalue weighted by Gasteiger charge is 2.07. The van der Waals surface area contributed by atoms with Gasteiger partial charge < -0.3 is 5.73 Å². The molecule has 2 nitrogen and oxygen atoms in total. The Kier molecular flexibility index (Phi) is 2.94. The van der Waals surface area contributed by atoms with Crippen molar-refractivity contribution in [2.75, 3.05) is 5.73 Å². The molecule has 0 saturated heterocycles. The molecule has 4 heteroatoms. The smallest absolute Gasteiger partial charge is 0.0982 e. The van der Waals surface area contributed by atoms with E-state index in [0.717, 1.165) is 32.4 Å². The highest BCUT2D eigenvalue weighted by molar-refractivity contribution is 7.19. The van der Waals surface area contributed by atoms with Crippen molar-refractivity contribution in [3.8, 4) is 0 Å². The van der Waals surface area contributed by atoms with Crippen LogP contribution in [0.2, 0.25) is 5.02 Å². The quantitative estimate of drug-likeness (QED) is 0.714. The number of nitrogen functional groups attached to an aromatic ring is 1. The number of hydrogen-bond acceptors (Lipinski definition) is 3. The second-order valence-electron chi connectivity index (χ2n) is 4.11. The molecular weight excluding hydrogens is 264 g/mol. The number of thiazole rings is 1. The molecule has 0 spiro atoms. The molecule has 18 heavy (non-hydrogen) atoms. The molecule has 0 aliphatic carbocycles. The van der Waals surface area contributed by atoms with E-state index in [0.29, 0.717) is 0 Å². The Labute approximate surface area is 114 Å². The molecule has 2 aromatic carbocycles. The van der Waals surface area contributed by atoms with Gasteiger partial charge in [-0.25, -0.2) is 4.98 Å². The number of rotatable bonds is 2. The van der Waals surface area contributed by atoms with Crippen LogP contribution in [0.1, 0.15) is 10.6 Å². The fourth-order valence-corrected chi connectivity index (χ4v) is 3.13. The summed E-state index contributed by atoms with van der Waals surface area (Å²) in [5, 5.41) is 1.84. The summed E-state index contributed by atoms with van der Waals surface area (Å²) >= 11 is 7.80. The first kappa shape index (κ1) is 11.5. The highest BCUT2D eigenvalue weighted by Crippen LogP contribution is 2.30. The van der Waals surface area contributed by atoms with Gasteiger partial charge in [0.25, 0.3) is 0 Å². The van der Waals surface area contributed by atoms with E-state index < -0.39 is 0 Å². The lowest BCUT2D eigenvalue weighted by Crippen LogP contribution is -1.88. The summed E-state index contributed by atoms with van der Waals surface area (Å²) in [5.74, 6) is 0. The van der Waals surface area contributed by atoms with Crippen molar-refractivity contribution in [1.82, 2.24) is 4.98 Å². The zero-order valence-electron chi connectivity index (χ0n) is 9.56. The maximum atomic E-state index is 6.15. The zero-order chi connectivity index (χ0) is 12.5. The predicted molar refractivity (Wildman–Crippen MR) is 78.3 cm³/mol. The van der Waals surface area contributed by atoms with Crippen LogP contribution in [0, 0.1) is 0 Å². The van der Waals surface area contributed by atoms with Gasteiger partial charge in [-0.2, -0.15) is 0 Å². The number of hydrogen-bond donors (Lipinski definition) is 1. The summed E-state index contributed by atoms with van der Waals surface area (Å²) in [6.07, 6.45) is 0.815. The Morgan fingerprint density at radius 3 is 2.61 bits per heavy atom. The SMILES string of the molecule is Nc1ccc(Cc2nc3cccc(Cl)c3s2)cc1. The summed E-state index contributed by atoms with van der Waals surface area (Å²) in [4.78, 5) is 4.59. The van der Waals surface area contributed by atoms with Crippen LogP contribution in [-0.4, -0.2) is 4.98 Å². The molecule has 0 aliphatic heterocycles. The molecule has 0 radical (unpaired) electrons. The van der Waals surface area contributed by atoms with Crippen molar-refractivity contribution in [1.29, 1.82) is 0 Å². The molecule has 3 rings (SSSR count). The van der Waals surface area contributed by atoms with E-state index in [2.05, 4.69) is 4.98 Å². The largest absolute Gasteiger partial charge is 0.399 e. The Morgan fingerprint density at radius 2 is 1.89 bits per heavy atom. The van der Waals surface area contributed by atoms with E-state index in [1.54, 1.807) is 11.3 Å². The summed E-state index contributed by atoms with van der Waals surface area (Å²) in [5.41, 5.74) is 8.63. The third-order valence-electron chi connectivity index (χ3n) is 2.75. The predicted octanol–water partition coefficient (Wildman–Crippen LogP) is 4.12. The fraction of sp³-hybridized carbons (Fsp3) is 0.0714. The van der Waals surface area contributed by atoms with Gasteiger partial charge in [0.2, 0.25) is 0 Å². The van der Waals surface area contributed by atoms with Crippen molar-refractivity contribution >= 4 is 38.8 Å². The Bertz CT molecular complexity index is 689. The van der Waals surface area contributed by atoms with Crippen LogP contribution in [0.25, 0.3) is 10.2 Å². The van der Waals surface area contributed by atoms with Gasteiger partial charge in [0.1, 0.15) is 0 Å². The molecule has 0 saturated carbocycles. The second-order valence-corrected chi connectivity index (χ2v) is 5.60. The van der Waals surface area contributed by atoms with E-state index >= 15 is 0 Å². The molecule has 2 N–H and O–H groups in total. The van der Waals surface area contributed by atoms with Crippen LogP contribution in [0.3, 0.4) is 0 Å². The molecule has 0 unspecified atom stereocenters. The van der Waals surface area contributed by atoms with E-state index in [1.807, 2.05) is 42.5 Å². The Hall–Kier alpha value is -1.58. The van der Waals surface area contributed by atoms with Crippen LogP contribution < -0.4 is 5.73 Å². The number of halogens is 1. The van der Waals surface area contributed by atoms with Crippen molar-refractivity contribution in [2.45, 2.75) is 6.42 Å². The molecule has 0 bridgehead atoms. The lowest BCUT2D eigenvalue weighted by Gasteiger charge is -1.98. The van der Waals surface area contributed by atoms with Crippen LogP contribution >= 0.6 is 22.9 Å². The molecule has 90 valence electrons. The third kappa shape index (κ3) is 2.19. The van der Waals surface area contributed by atoms with E-state index in [9.17, 15) is 0 Å². The van der Waals surface area contributed by atoms with Gasteiger partial charge in [0.05, 0.1) is 20.2 Å².